The van der Waals surface area contributed by atoms with Crippen molar-refractivity contribution in [3.63, 3.8) is 0 Å². The molecule has 0 bridgehead atoms. The fourth-order valence-corrected chi connectivity index (χ4v) is 3.85. The molecule has 25 heavy (non-hydrogen) atoms. The summed E-state index contributed by atoms with van der Waals surface area (Å²) in [5.74, 6) is -2.05. The molecule has 8 heteroatoms. The van der Waals surface area contributed by atoms with E-state index < -0.39 is 36.2 Å². The number of fused-ring (bicyclic) bond motifs is 2. The van der Waals surface area contributed by atoms with Gasteiger partial charge in [0.25, 0.3) is 0 Å². The summed E-state index contributed by atoms with van der Waals surface area (Å²) >= 11 is 0. The summed E-state index contributed by atoms with van der Waals surface area (Å²) in [7, 11) is 0. The maximum atomic E-state index is 12.6. The van der Waals surface area contributed by atoms with Crippen LogP contribution in [0.5, 0.6) is 0 Å². The largest absolute Gasteiger partial charge is 0.363 e. The lowest BCUT2D eigenvalue weighted by molar-refractivity contribution is -0.187. The number of nitrogens with zero attached hydrogens (tertiary/aromatic N) is 3. The normalized spacial score (nSPS) is 33.2. The highest BCUT2D eigenvalue weighted by Crippen LogP contribution is 2.42. The van der Waals surface area contributed by atoms with Crippen molar-refractivity contribution in [2.75, 3.05) is 0 Å². The van der Waals surface area contributed by atoms with Crippen LogP contribution in [0.15, 0.2) is 29.4 Å². The predicted octanol–water partition coefficient (Wildman–Crippen LogP) is 2.63. The topological polar surface area (TPSA) is 111 Å². The van der Waals surface area contributed by atoms with E-state index in [0.717, 1.165) is 0 Å². The molecule has 2 heterocycles. The molecule has 0 amide bonds. The van der Waals surface area contributed by atoms with Gasteiger partial charge in [-0.25, -0.2) is 0 Å². The molecule has 1 aromatic carbocycles. The van der Waals surface area contributed by atoms with Crippen LogP contribution in [0, 0.1) is 5.92 Å². The average Bonchev–Trinajstić information content (AvgIpc) is 3.13. The maximum Gasteiger partial charge on any atom is 0.174 e. The molecule has 1 aromatic rings. The van der Waals surface area contributed by atoms with Gasteiger partial charge in [-0.3, -0.25) is 9.59 Å². The number of carbonyl (C=O) groups excluding carboxylic acids is 2. The quantitative estimate of drug-likeness (QED) is 0.362. The molecule has 1 unspecified atom stereocenters. The minimum Gasteiger partial charge on any atom is -0.363 e. The average molecular weight is 343 g/mol. The highest BCUT2D eigenvalue weighted by atomic mass is 16.8. The summed E-state index contributed by atoms with van der Waals surface area (Å²) in [6.07, 6.45) is -2.27. The van der Waals surface area contributed by atoms with E-state index >= 15 is 0 Å². The Hall–Kier alpha value is -2.25. The molecular weight excluding hydrogens is 326 g/mol. The summed E-state index contributed by atoms with van der Waals surface area (Å²) in [4.78, 5) is 28.0. The van der Waals surface area contributed by atoms with Crippen LogP contribution in [0.3, 0.4) is 0 Å². The van der Waals surface area contributed by atoms with Crippen LogP contribution in [-0.4, -0.2) is 41.9 Å². The van der Waals surface area contributed by atoms with Crippen molar-refractivity contribution >= 4 is 11.6 Å². The Kier molecular flexibility index (Phi) is 3.66. The Bertz CT molecular complexity index is 766. The van der Waals surface area contributed by atoms with Crippen LogP contribution >= 0.6 is 0 Å². The number of ketones is 2. The van der Waals surface area contributed by atoms with E-state index in [1.807, 2.05) is 0 Å². The van der Waals surface area contributed by atoms with E-state index in [1.165, 1.54) is 0 Å². The van der Waals surface area contributed by atoms with E-state index in [0.29, 0.717) is 11.1 Å². The second kappa shape index (κ2) is 5.64. The van der Waals surface area contributed by atoms with Crippen LogP contribution in [-0.2, 0) is 14.2 Å². The van der Waals surface area contributed by atoms with Gasteiger partial charge < -0.3 is 14.2 Å². The van der Waals surface area contributed by atoms with Crippen LogP contribution in [0.25, 0.3) is 10.4 Å². The highest BCUT2D eigenvalue weighted by Gasteiger charge is 2.56. The Morgan fingerprint density at radius 1 is 1.12 bits per heavy atom. The van der Waals surface area contributed by atoms with Gasteiger partial charge in [-0.15, -0.1) is 0 Å². The Morgan fingerprint density at radius 3 is 2.32 bits per heavy atom. The molecule has 2 aliphatic heterocycles. The van der Waals surface area contributed by atoms with E-state index in [1.54, 1.807) is 38.1 Å². The van der Waals surface area contributed by atoms with Crippen molar-refractivity contribution in [2.45, 2.75) is 50.6 Å². The second-order valence-electron chi connectivity index (χ2n) is 6.90. The maximum absolute atomic E-state index is 12.6. The lowest BCUT2D eigenvalue weighted by Crippen LogP contribution is -2.33. The van der Waals surface area contributed by atoms with E-state index in [2.05, 4.69) is 10.0 Å². The molecule has 3 aliphatic rings. The number of hydrogen-bond donors (Lipinski definition) is 0. The Labute approximate surface area is 143 Å². The van der Waals surface area contributed by atoms with Crippen molar-refractivity contribution in [1.29, 1.82) is 0 Å². The lowest BCUT2D eigenvalue weighted by Gasteiger charge is -2.23. The number of hydrogen-bond acceptors (Lipinski definition) is 6. The molecular formula is C17H17N3O5. The second-order valence-corrected chi connectivity index (χ2v) is 6.90. The lowest BCUT2D eigenvalue weighted by atomic mass is 9.93. The van der Waals surface area contributed by atoms with Crippen molar-refractivity contribution < 1.29 is 23.8 Å². The third-order valence-electron chi connectivity index (χ3n) is 4.85. The molecule has 130 valence electrons. The Balaban J connectivity index is 1.58. The number of benzene rings is 1. The number of Topliss-reactive ketones (excluding diaryl/α,β-unsaturated/α-hetero) is 2. The zero-order valence-electron chi connectivity index (χ0n) is 13.8. The van der Waals surface area contributed by atoms with E-state index in [-0.39, 0.29) is 18.0 Å². The van der Waals surface area contributed by atoms with Crippen molar-refractivity contribution in [3.8, 4) is 0 Å². The van der Waals surface area contributed by atoms with Gasteiger partial charge in [0.1, 0.15) is 12.2 Å². The minimum atomic E-state index is -0.840. The molecule has 4 rings (SSSR count). The summed E-state index contributed by atoms with van der Waals surface area (Å²) < 4.78 is 17.4. The smallest absolute Gasteiger partial charge is 0.174 e. The standard InChI is InChI=1S/C17H17N3O5/c1-17(2)24-14-11(23-16(19-20-18)15(14)25-17)7-10-12(21)8-5-3-4-6-9(8)13(10)22/h3-6,10-11,14-16H,7H2,1-2H3/t11-,14-,15?,16-/m1/s1. The SMILES string of the molecule is CC1(C)OC2[C@H](N=[N+]=[N-])O[C@H](CC3C(=O)c4ccccc4C3=O)[C@H]2O1. The fraction of sp³-hybridized carbons (Fsp3) is 0.529. The van der Waals surface area contributed by atoms with Gasteiger partial charge in [-0.05, 0) is 25.8 Å². The third kappa shape index (κ3) is 2.54. The van der Waals surface area contributed by atoms with Gasteiger partial charge in [-0.2, -0.15) is 0 Å². The van der Waals surface area contributed by atoms with Gasteiger partial charge in [0.15, 0.2) is 23.6 Å². The molecule has 4 atom stereocenters. The first-order valence-electron chi connectivity index (χ1n) is 8.14. The van der Waals surface area contributed by atoms with Crippen molar-refractivity contribution in [1.82, 2.24) is 0 Å². The fourth-order valence-electron chi connectivity index (χ4n) is 3.85. The minimum absolute atomic E-state index is 0.171. The molecule has 0 saturated carbocycles. The van der Waals surface area contributed by atoms with Gasteiger partial charge >= 0.3 is 0 Å². The van der Waals surface area contributed by atoms with Gasteiger partial charge in [0, 0.05) is 16.0 Å². The predicted molar refractivity (Wildman–Crippen MR) is 84.8 cm³/mol. The van der Waals surface area contributed by atoms with Crippen LogP contribution in [0.1, 0.15) is 41.0 Å². The van der Waals surface area contributed by atoms with Crippen LogP contribution < -0.4 is 0 Å². The van der Waals surface area contributed by atoms with Gasteiger partial charge in [0.2, 0.25) is 0 Å². The first-order chi connectivity index (χ1) is 11.9. The summed E-state index contributed by atoms with van der Waals surface area (Å²) in [5, 5.41) is 3.62. The number of azide groups is 1. The molecule has 0 radical (unpaired) electrons. The Morgan fingerprint density at radius 2 is 1.72 bits per heavy atom. The van der Waals surface area contributed by atoms with Crippen molar-refractivity contribution in [3.05, 3.63) is 45.8 Å². The van der Waals surface area contributed by atoms with Gasteiger partial charge in [0.05, 0.1) is 12.0 Å². The summed E-state index contributed by atoms with van der Waals surface area (Å²) in [5.41, 5.74) is 9.62. The molecule has 0 N–H and O–H groups in total. The van der Waals surface area contributed by atoms with Crippen molar-refractivity contribution in [2.24, 2.45) is 11.0 Å². The number of ether oxygens (including phenoxy) is 3. The summed E-state index contributed by atoms with van der Waals surface area (Å²) in [6.45, 7) is 3.52. The molecule has 2 fully saturated rings. The summed E-state index contributed by atoms with van der Waals surface area (Å²) in [6, 6.07) is 6.80. The molecule has 0 spiro atoms. The molecule has 8 nitrogen and oxygen atoms in total. The third-order valence-corrected chi connectivity index (χ3v) is 4.85. The van der Waals surface area contributed by atoms with E-state index in [9.17, 15) is 9.59 Å². The monoisotopic (exact) mass is 343 g/mol. The zero-order chi connectivity index (χ0) is 17.8. The van der Waals surface area contributed by atoms with Crippen LogP contribution in [0.4, 0.5) is 0 Å². The van der Waals surface area contributed by atoms with Gasteiger partial charge in [-0.1, -0.05) is 29.4 Å². The molecule has 1 aliphatic carbocycles. The zero-order valence-corrected chi connectivity index (χ0v) is 13.8. The van der Waals surface area contributed by atoms with Crippen LogP contribution in [0.2, 0.25) is 0 Å². The van der Waals surface area contributed by atoms with E-state index in [4.69, 9.17) is 19.7 Å². The molecule has 2 saturated heterocycles. The molecule has 0 aromatic heterocycles. The first-order valence-corrected chi connectivity index (χ1v) is 8.14. The highest BCUT2D eigenvalue weighted by molar-refractivity contribution is 6.26. The first kappa shape index (κ1) is 16.2. The number of rotatable bonds is 3. The number of carbonyl (C=O) groups is 2.